The summed E-state index contributed by atoms with van der Waals surface area (Å²) in [7, 11) is 0. The van der Waals surface area contributed by atoms with Gasteiger partial charge in [-0.15, -0.1) is 0 Å². The molecule has 0 bridgehead atoms. The van der Waals surface area contributed by atoms with Gasteiger partial charge in [0.05, 0.1) is 17.7 Å². The monoisotopic (exact) mass is 348 g/mol. The van der Waals surface area contributed by atoms with Crippen LogP contribution in [0.25, 0.3) is 0 Å². The van der Waals surface area contributed by atoms with Crippen LogP contribution in [0, 0.1) is 0 Å². The van der Waals surface area contributed by atoms with Gasteiger partial charge in [-0.3, -0.25) is 0 Å². The van der Waals surface area contributed by atoms with E-state index in [1.807, 2.05) is 0 Å². The number of hydrogen-bond donors (Lipinski definition) is 3. The number of carbonyl (C=O) groups excluding carboxylic acids is 1. The second kappa shape index (κ2) is 7.47. The third kappa shape index (κ3) is 3.84. The van der Waals surface area contributed by atoms with Gasteiger partial charge < -0.3 is 24.8 Å². The number of aliphatic hydroxyl groups excluding tert-OH is 2. The molecule has 0 saturated heterocycles. The summed E-state index contributed by atoms with van der Waals surface area (Å²) in [6.45, 7) is 3.76. The molecular weight excluding hydrogens is 332 g/mol. The van der Waals surface area contributed by atoms with Gasteiger partial charge in [-0.25, -0.2) is 4.79 Å². The molecule has 1 rings (SSSR count). The van der Waals surface area contributed by atoms with Crippen molar-refractivity contribution >= 4 is 21.9 Å². The number of carbonyl (C=O) groups is 1. The van der Waals surface area contributed by atoms with Crippen LogP contribution in [0.3, 0.4) is 0 Å². The summed E-state index contributed by atoms with van der Waals surface area (Å²) in [5.41, 5.74) is 0.221. The minimum absolute atomic E-state index is 0.103. The van der Waals surface area contributed by atoms with E-state index in [4.69, 9.17) is 4.74 Å². The van der Waals surface area contributed by atoms with E-state index in [9.17, 15) is 20.1 Å². The van der Waals surface area contributed by atoms with Gasteiger partial charge in [0.15, 0.2) is 17.6 Å². The Bertz CT molecular complexity index is 476. The topological polar surface area (TPSA) is 96.2 Å². The Labute approximate surface area is 125 Å². The number of phenols is 1. The Morgan fingerprint density at radius 1 is 1.30 bits per heavy atom. The summed E-state index contributed by atoms with van der Waals surface area (Å²) in [5, 5.41) is 29.5. The molecule has 1 aromatic rings. The molecule has 7 heteroatoms. The highest BCUT2D eigenvalue weighted by Gasteiger charge is 2.28. The van der Waals surface area contributed by atoms with Crippen LogP contribution in [0.5, 0.6) is 11.5 Å². The van der Waals surface area contributed by atoms with E-state index in [0.29, 0.717) is 6.61 Å². The molecule has 0 amide bonds. The number of halogens is 1. The van der Waals surface area contributed by atoms with Crippen LogP contribution in [0.15, 0.2) is 16.6 Å². The quantitative estimate of drug-likeness (QED) is 0.674. The fourth-order valence-electron chi connectivity index (χ4n) is 1.57. The first-order chi connectivity index (χ1) is 9.42. The number of hydrogen-bond acceptors (Lipinski definition) is 6. The van der Waals surface area contributed by atoms with Crippen molar-refractivity contribution in [1.82, 2.24) is 0 Å². The number of rotatable bonds is 6. The average Bonchev–Trinajstić information content (AvgIpc) is 2.42. The van der Waals surface area contributed by atoms with E-state index in [1.54, 1.807) is 13.8 Å². The molecule has 0 saturated carbocycles. The van der Waals surface area contributed by atoms with Gasteiger partial charge in [-0.2, -0.15) is 0 Å². The van der Waals surface area contributed by atoms with E-state index < -0.39 is 18.2 Å². The van der Waals surface area contributed by atoms with Gasteiger partial charge in [0.2, 0.25) is 0 Å². The normalized spacial score (nSPS) is 13.7. The summed E-state index contributed by atoms with van der Waals surface area (Å²) in [5.74, 6) is -0.887. The Hall–Kier alpha value is -1.31. The first kappa shape index (κ1) is 16.7. The maximum absolute atomic E-state index is 11.4. The van der Waals surface area contributed by atoms with E-state index in [1.165, 1.54) is 12.1 Å². The van der Waals surface area contributed by atoms with Crippen LogP contribution in [-0.2, 0) is 9.53 Å². The van der Waals surface area contributed by atoms with Gasteiger partial charge in [0.1, 0.15) is 6.10 Å². The van der Waals surface area contributed by atoms with Gasteiger partial charge in [-0.05, 0) is 47.5 Å². The molecule has 0 heterocycles. The number of aliphatic hydroxyl groups is 2. The fourth-order valence-corrected chi connectivity index (χ4v) is 2.03. The van der Waals surface area contributed by atoms with E-state index in [0.717, 1.165) is 0 Å². The molecule has 0 aliphatic rings. The van der Waals surface area contributed by atoms with E-state index >= 15 is 0 Å². The Morgan fingerprint density at radius 2 is 1.95 bits per heavy atom. The maximum Gasteiger partial charge on any atom is 0.338 e. The highest BCUT2D eigenvalue weighted by Crippen LogP contribution is 2.37. The lowest BCUT2D eigenvalue weighted by molar-refractivity contribution is -0.159. The zero-order valence-electron chi connectivity index (χ0n) is 11.2. The highest BCUT2D eigenvalue weighted by atomic mass is 79.9. The van der Waals surface area contributed by atoms with E-state index in [-0.39, 0.29) is 28.1 Å². The summed E-state index contributed by atoms with van der Waals surface area (Å²) >= 11 is 3.11. The van der Waals surface area contributed by atoms with Gasteiger partial charge in [-0.1, -0.05) is 0 Å². The van der Waals surface area contributed by atoms with Crippen molar-refractivity contribution in [2.24, 2.45) is 0 Å². The fraction of sp³-hybridized carbons (Fsp3) is 0.462. The molecule has 2 atom stereocenters. The number of benzene rings is 1. The standard InChI is InChI=1S/C13H17BrO6/c1-3-19-9-6-7(5-8(14)11(9)16)10(15)12(17)13(18)20-4-2/h5-6,10,12,15-17H,3-4H2,1-2H3. The Morgan fingerprint density at radius 3 is 2.50 bits per heavy atom. The van der Waals surface area contributed by atoms with Crippen LogP contribution < -0.4 is 4.74 Å². The number of esters is 1. The first-order valence-electron chi connectivity index (χ1n) is 6.10. The minimum atomic E-state index is -1.71. The van der Waals surface area contributed by atoms with Crippen LogP contribution in [0.4, 0.5) is 0 Å². The molecule has 6 nitrogen and oxygen atoms in total. The Kier molecular flexibility index (Phi) is 6.25. The molecule has 0 aliphatic heterocycles. The first-order valence-corrected chi connectivity index (χ1v) is 6.89. The summed E-state index contributed by atoms with van der Waals surface area (Å²) in [4.78, 5) is 11.4. The smallest absolute Gasteiger partial charge is 0.338 e. The van der Waals surface area contributed by atoms with Crippen LogP contribution in [-0.4, -0.2) is 40.6 Å². The highest BCUT2D eigenvalue weighted by molar-refractivity contribution is 9.10. The van der Waals surface area contributed by atoms with Gasteiger partial charge >= 0.3 is 5.97 Å². The average molecular weight is 349 g/mol. The van der Waals surface area contributed by atoms with Crippen molar-refractivity contribution < 1.29 is 29.6 Å². The molecule has 1 aromatic carbocycles. The molecule has 0 radical (unpaired) electrons. The molecule has 20 heavy (non-hydrogen) atoms. The van der Waals surface area contributed by atoms with Crippen LogP contribution >= 0.6 is 15.9 Å². The number of phenolic OH excluding ortho intramolecular Hbond substituents is 1. The molecule has 0 fully saturated rings. The molecule has 3 N–H and O–H groups in total. The van der Waals surface area contributed by atoms with Crippen molar-refractivity contribution in [3.05, 3.63) is 22.2 Å². The zero-order chi connectivity index (χ0) is 15.3. The second-order valence-corrected chi connectivity index (χ2v) is 4.78. The lowest BCUT2D eigenvalue weighted by atomic mass is 10.0. The largest absolute Gasteiger partial charge is 0.503 e. The van der Waals surface area contributed by atoms with E-state index in [2.05, 4.69) is 20.7 Å². The van der Waals surface area contributed by atoms with Crippen molar-refractivity contribution in [3.8, 4) is 11.5 Å². The van der Waals surface area contributed by atoms with Crippen molar-refractivity contribution in [1.29, 1.82) is 0 Å². The van der Waals surface area contributed by atoms with Crippen molar-refractivity contribution in [3.63, 3.8) is 0 Å². The van der Waals surface area contributed by atoms with Crippen LogP contribution in [0.2, 0.25) is 0 Å². The maximum atomic E-state index is 11.4. The molecule has 0 aliphatic carbocycles. The predicted molar refractivity (Wildman–Crippen MR) is 74.6 cm³/mol. The summed E-state index contributed by atoms with van der Waals surface area (Å²) in [6, 6.07) is 2.75. The second-order valence-electron chi connectivity index (χ2n) is 3.92. The Balaban J connectivity index is 3.03. The SMILES string of the molecule is CCOC(=O)C(O)C(O)c1cc(Br)c(O)c(OCC)c1. The van der Waals surface area contributed by atoms with Gasteiger partial charge in [0.25, 0.3) is 0 Å². The molecular formula is C13H17BrO6. The molecule has 0 aromatic heterocycles. The summed E-state index contributed by atoms with van der Waals surface area (Å²) in [6.07, 6.45) is -3.19. The molecule has 112 valence electrons. The minimum Gasteiger partial charge on any atom is -0.503 e. The van der Waals surface area contributed by atoms with Crippen molar-refractivity contribution in [2.75, 3.05) is 13.2 Å². The third-order valence-corrected chi connectivity index (χ3v) is 3.12. The van der Waals surface area contributed by atoms with Gasteiger partial charge in [0, 0.05) is 0 Å². The van der Waals surface area contributed by atoms with Crippen molar-refractivity contribution in [2.45, 2.75) is 26.1 Å². The zero-order valence-corrected chi connectivity index (χ0v) is 12.8. The number of aromatic hydroxyl groups is 1. The van der Waals surface area contributed by atoms with Crippen LogP contribution in [0.1, 0.15) is 25.5 Å². The lowest BCUT2D eigenvalue weighted by Gasteiger charge is -2.18. The predicted octanol–water partition coefficient (Wildman–Crippen LogP) is 1.51. The lowest BCUT2D eigenvalue weighted by Crippen LogP contribution is -2.29. The number of ether oxygens (including phenoxy) is 2. The third-order valence-electron chi connectivity index (χ3n) is 2.52. The summed E-state index contributed by atoms with van der Waals surface area (Å²) < 4.78 is 10.1. The molecule has 2 unspecified atom stereocenters. The molecule has 0 spiro atoms.